The number of rotatable bonds is 5. The Morgan fingerprint density at radius 3 is 2.23 bits per heavy atom. The van der Waals surface area contributed by atoms with Crippen LogP contribution in [0.15, 0.2) is 24.3 Å². The van der Waals surface area contributed by atoms with E-state index in [0.29, 0.717) is 32.1 Å². The summed E-state index contributed by atoms with van der Waals surface area (Å²) in [6.45, 7) is 8.25. The van der Waals surface area contributed by atoms with Crippen molar-refractivity contribution in [2.24, 2.45) is 5.92 Å². The highest BCUT2D eigenvalue weighted by molar-refractivity contribution is 7.86. The van der Waals surface area contributed by atoms with Gasteiger partial charge in [0.2, 0.25) is 0 Å². The van der Waals surface area contributed by atoms with Crippen molar-refractivity contribution >= 4 is 10.2 Å². The van der Waals surface area contributed by atoms with Gasteiger partial charge in [-0.05, 0) is 42.9 Å². The summed E-state index contributed by atoms with van der Waals surface area (Å²) in [6, 6.07) is 6.76. The third-order valence-electron chi connectivity index (χ3n) is 5.50. The maximum absolute atomic E-state index is 13.2. The summed E-state index contributed by atoms with van der Waals surface area (Å²) in [6.07, 6.45) is 2.73. The van der Waals surface area contributed by atoms with Gasteiger partial charge in [-0.25, -0.2) is 4.39 Å². The zero-order chi connectivity index (χ0) is 18.7. The van der Waals surface area contributed by atoms with E-state index in [2.05, 4.69) is 18.7 Å². The Morgan fingerprint density at radius 1 is 1.00 bits per heavy atom. The largest absolute Gasteiger partial charge is 0.295 e. The molecule has 1 aromatic carbocycles. The Balaban J connectivity index is 1.76. The fraction of sp³-hybridized carbons (Fsp3) is 0.684. The molecule has 2 saturated heterocycles. The average molecular weight is 384 g/mol. The standard InChI is InChI=1S/C19H30FN3O2S/c1-16(2)19-15-23(26(24,25)22-11-3-4-12-22)13-5-10-21(19)14-17-6-8-18(20)9-7-17/h6-9,16,19H,3-5,10-15H2,1-2H3/t19-/m1/s1. The van der Waals surface area contributed by atoms with E-state index < -0.39 is 10.2 Å². The molecule has 7 heteroatoms. The summed E-state index contributed by atoms with van der Waals surface area (Å²) in [5.41, 5.74) is 1.06. The molecule has 0 unspecified atom stereocenters. The van der Waals surface area contributed by atoms with E-state index in [-0.39, 0.29) is 11.9 Å². The molecule has 0 saturated carbocycles. The highest BCUT2D eigenvalue weighted by Crippen LogP contribution is 2.24. The van der Waals surface area contributed by atoms with Crippen LogP contribution < -0.4 is 0 Å². The summed E-state index contributed by atoms with van der Waals surface area (Å²) in [4.78, 5) is 2.36. The molecule has 3 rings (SSSR count). The topological polar surface area (TPSA) is 43.9 Å². The molecule has 0 bridgehead atoms. The van der Waals surface area contributed by atoms with Crippen molar-refractivity contribution < 1.29 is 12.8 Å². The second-order valence-corrected chi connectivity index (χ2v) is 9.66. The van der Waals surface area contributed by atoms with Gasteiger partial charge >= 0.3 is 0 Å². The van der Waals surface area contributed by atoms with Crippen molar-refractivity contribution in [3.63, 3.8) is 0 Å². The molecule has 2 fully saturated rings. The number of nitrogens with zero attached hydrogens (tertiary/aromatic N) is 3. The molecule has 0 aromatic heterocycles. The number of benzene rings is 1. The second kappa shape index (κ2) is 8.33. The maximum Gasteiger partial charge on any atom is 0.282 e. The Kier molecular flexibility index (Phi) is 6.33. The zero-order valence-corrected chi connectivity index (χ0v) is 16.6. The van der Waals surface area contributed by atoms with Gasteiger partial charge in [-0.3, -0.25) is 4.90 Å². The molecular weight excluding hydrogens is 353 g/mol. The zero-order valence-electron chi connectivity index (χ0n) is 15.8. The molecule has 2 heterocycles. The van der Waals surface area contributed by atoms with Crippen molar-refractivity contribution in [3.8, 4) is 0 Å². The van der Waals surface area contributed by atoms with Crippen LogP contribution in [0.2, 0.25) is 0 Å². The predicted octanol–water partition coefficient (Wildman–Crippen LogP) is 2.70. The Morgan fingerprint density at radius 2 is 1.62 bits per heavy atom. The van der Waals surface area contributed by atoms with Crippen LogP contribution in [0.3, 0.4) is 0 Å². The van der Waals surface area contributed by atoms with E-state index in [1.165, 1.54) is 12.1 Å². The van der Waals surface area contributed by atoms with Gasteiger partial charge in [0.05, 0.1) is 0 Å². The van der Waals surface area contributed by atoms with Gasteiger partial charge in [-0.15, -0.1) is 0 Å². The highest BCUT2D eigenvalue weighted by Gasteiger charge is 2.36. The molecule has 5 nitrogen and oxygen atoms in total. The average Bonchev–Trinajstić information content (AvgIpc) is 3.06. The van der Waals surface area contributed by atoms with Crippen LogP contribution >= 0.6 is 0 Å². The molecule has 26 heavy (non-hydrogen) atoms. The molecule has 2 aliphatic heterocycles. The first kappa shape index (κ1) is 19.7. The van der Waals surface area contributed by atoms with E-state index in [0.717, 1.165) is 37.9 Å². The number of hydrogen-bond donors (Lipinski definition) is 0. The first-order valence-corrected chi connectivity index (χ1v) is 11.0. The van der Waals surface area contributed by atoms with E-state index in [1.54, 1.807) is 8.61 Å². The molecule has 0 amide bonds. The Labute approximate surface area is 157 Å². The lowest BCUT2D eigenvalue weighted by atomic mass is 10.0. The van der Waals surface area contributed by atoms with Crippen LogP contribution in [0, 0.1) is 11.7 Å². The van der Waals surface area contributed by atoms with Crippen molar-refractivity contribution in [1.82, 2.24) is 13.5 Å². The molecule has 1 aromatic rings. The van der Waals surface area contributed by atoms with Crippen molar-refractivity contribution in [2.75, 3.05) is 32.7 Å². The molecule has 0 radical (unpaired) electrons. The quantitative estimate of drug-likeness (QED) is 0.785. The summed E-state index contributed by atoms with van der Waals surface area (Å²) in [5, 5.41) is 0. The SMILES string of the molecule is CC(C)[C@H]1CN(S(=O)(=O)N2CCCC2)CCCN1Cc1ccc(F)cc1. The van der Waals surface area contributed by atoms with Gasteiger partial charge in [0.1, 0.15) is 5.82 Å². The van der Waals surface area contributed by atoms with Gasteiger partial charge in [-0.2, -0.15) is 17.0 Å². The molecule has 2 aliphatic rings. The predicted molar refractivity (Wildman–Crippen MR) is 101 cm³/mol. The minimum atomic E-state index is -3.36. The fourth-order valence-electron chi connectivity index (χ4n) is 3.98. The van der Waals surface area contributed by atoms with Crippen LogP contribution in [0.5, 0.6) is 0 Å². The third-order valence-corrected chi connectivity index (χ3v) is 7.50. The lowest BCUT2D eigenvalue weighted by Gasteiger charge is -2.35. The van der Waals surface area contributed by atoms with Crippen LogP contribution in [0.1, 0.15) is 38.7 Å². The second-order valence-electron chi connectivity index (χ2n) is 7.73. The van der Waals surface area contributed by atoms with E-state index in [4.69, 9.17) is 0 Å². The van der Waals surface area contributed by atoms with E-state index in [9.17, 15) is 12.8 Å². The van der Waals surface area contributed by atoms with E-state index in [1.807, 2.05) is 12.1 Å². The molecular formula is C19H30FN3O2S. The summed E-state index contributed by atoms with van der Waals surface area (Å²) >= 11 is 0. The molecule has 0 spiro atoms. The molecule has 1 atom stereocenters. The van der Waals surface area contributed by atoms with Crippen molar-refractivity contribution in [2.45, 2.75) is 45.7 Å². The Hall–Kier alpha value is -1.02. The van der Waals surface area contributed by atoms with Gasteiger partial charge in [0.25, 0.3) is 10.2 Å². The lowest BCUT2D eigenvalue weighted by molar-refractivity contribution is 0.148. The van der Waals surface area contributed by atoms with Crippen LogP contribution in [-0.2, 0) is 16.8 Å². The third kappa shape index (κ3) is 4.44. The summed E-state index contributed by atoms with van der Waals surface area (Å²) < 4.78 is 42.5. The van der Waals surface area contributed by atoms with Crippen LogP contribution in [0.25, 0.3) is 0 Å². The fourth-order valence-corrected chi connectivity index (χ4v) is 5.72. The van der Waals surface area contributed by atoms with Gasteiger partial charge in [0, 0.05) is 45.3 Å². The van der Waals surface area contributed by atoms with Gasteiger partial charge in [0.15, 0.2) is 0 Å². The van der Waals surface area contributed by atoms with Crippen molar-refractivity contribution in [3.05, 3.63) is 35.6 Å². The monoisotopic (exact) mass is 383 g/mol. The Bertz CT molecular complexity index is 687. The normalized spacial score (nSPS) is 24.2. The van der Waals surface area contributed by atoms with Crippen molar-refractivity contribution in [1.29, 1.82) is 0 Å². The van der Waals surface area contributed by atoms with Gasteiger partial charge < -0.3 is 0 Å². The van der Waals surface area contributed by atoms with Gasteiger partial charge in [-0.1, -0.05) is 26.0 Å². The minimum absolute atomic E-state index is 0.153. The maximum atomic E-state index is 13.2. The smallest absolute Gasteiger partial charge is 0.282 e. The highest BCUT2D eigenvalue weighted by atomic mass is 32.2. The minimum Gasteiger partial charge on any atom is -0.295 e. The summed E-state index contributed by atoms with van der Waals surface area (Å²) in [7, 11) is -3.36. The first-order chi connectivity index (χ1) is 12.4. The van der Waals surface area contributed by atoms with E-state index >= 15 is 0 Å². The lowest BCUT2D eigenvalue weighted by Crippen LogP contribution is -2.49. The molecule has 146 valence electrons. The first-order valence-electron chi connectivity index (χ1n) is 9.61. The molecule has 0 aliphatic carbocycles. The summed E-state index contributed by atoms with van der Waals surface area (Å²) in [5.74, 6) is 0.109. The number of hydrogen-bond acceptors (Lipinski definition) is 3. The molecule has 0 N–H and O–H groups in total. The number of halogens is 1. The van der Waals surface area contributed by atoms with Crippen LogP contribution in [0.4, 0.5) is 4.39 Å². The van der Waals surface area contributed by atoms with Crippen LogP contribution in [-0.4, -0.2) is 60.7 Å².